The van der Waals surface area contributed by atoms with Crippen molar-refractivity contribution in [3.05, 3.63) is 51.8 Å². The average molecular weight is 414 g/mol. The van der Waals surface area contributed by atoms with Crippen LogP contribution < -0.4 is 14.8 Å². The van der Waals surface area contributed by atoms with Gasteiger partial charge in [-0.15, -0.1) is 0 Å². The summed E-state index contributed by atoms with van der Waals surface area (Å²) in [6.07, 6.45) is 0.686. The summed E-state index contributed by atoms with van der Waals surface area (Å²) in [6.45, 7) is 0.267. The van der Waals surface area contributed by atoms with Crippen molar-refractivity contribution in [1.82, 2.24) is 0 Å². The highest BCUT2D eigenvalue weighted by Gasteiger charge is 2.20. The molecule has 2 aromatic rings. The van der Waals surface area contributed by atoms with Crippen LogP contribution in [0.25, 0.3) is 0 Å². The Morgan fingerprint density at radius 2 is 1.93 bits per heavy atom. The molecule has 0 aromatic heterocycles. The molecule has 3 rings (SSSR count). The Balaban J connectivity index is 1.64. The lowest BCUT2D eigenvalue weighted by Crippen LogP contribution is -2.21. The van der Waals surface area contributed by atoms with Gasteiger partial charge in [-0.05, 0) is 30.3 Å². The first-order valence-corrected chi connectivity index (χ1v) is 8.71. The molecule has 1 aliphatic heterocycles. The lowest BCUT2D eigenvalue weighted by atomic mass is 10.2. The number of hydrogen-bond donors (Lipinski definition) is 1. The Labute approximate surface area is 164 Å². The van der Waals surface area contributed by atoms with Gasteiger partial charge in [-0.25, -0.2) is 9.18 Å². The lowest BCUT2D eigenvalue weighted by molar-refractivity contribution is -0.119. The molecule has 0 saturated carbocycles. The fourth-order valence-corrected chi connectivity index (χ4v) is 2.78. The number of hydrogen-bond acceptors (Lipinski definition) is 5. The number of halogens is 3. The van der Waals surface area contributed by atoms with Crippen LogP contribution in [0.3, 0.4) is 0 Å². The van der Waals surface area contributed by atoms with E-state index in [1.54, 1.807) is 0 Å². The van der Waals surface area contributed by atoms with Gasteiger partial charge in [-0.2, -0.15) is 0 Å². The number of fused-ring (bicyclic) bond motifs is 1. The zero-order chi connectivity index (χ0) is 19.4. The molecule has 1 heterocycles. The summed E-state index contributed by atoms with van der Waals surface area (Å²) in [5, 5.41) is 2.74. The fraction of sp³-hybridized carbons (Fsp3) is 0.222. The maximum atomic E-state index is 13.6. The minimum absolute atomic E-state index is 0.103. The first-order valence-electron chi connectivity index (χ1n) is 7.95. The van der Waals surface area contributed by atoms with Gasteiger partial charge >= 0.3 is 5.97 Å². The Bertz CT molecular complexity index is 890. The van der Waals surface area contributed by atoms with Crippen LogP contribution in [0, 0.1) is 5.82 Å². The number of carbonyl (C=O) groups is 2. The molecule has 0 spiro atoms. The molecule has 0 fully saturated rings. The van der Waals surface area contributed by atoms with Crippen molar-refractivity contribution in [2.75, 3.05) is 25.1 Å². The first-order chi connectivity index (χ1) is 12.9. The van der Waals surface area contributed by atoms with Crippen LogP contribution in [0.15, 0.2) is 30.3 Å². The number of ether oxygens (including phenoxy) is 3. The van der Waals surface area contributed by atoms with Gasteiger partial charge in [0.05, 0.1) is 29.5 Å². The summed E-state index contributed by atoms with van der Waals surface area (Å²) in [7, 11) is 0. The van der Waals surface area contributed by atoms with Crippen molar-refractivity contribution in [2.45, 2.75) is 6.42 Å². The van der Waals surface area contributed by atoms with Gasteiger partial charge in [0.25, 0.3) is 5.91 Å². The summed E-state index contributed by atoms with van der Waals surface area (Å²) < 4.78 is 29.5. The normalized spacial score (nSPS) is 12.9. The highest BCUT2D eigenvalue weighted by molar-refractivity contribution is 6.32. The molecule has 1 N–H and O–H groups in total. The van der Waals surface area contributed by atoms with Crippen molar-refractivity contribution in [1.29, 1.82) is 0 Å². The summed E-state index contributed by atoms with van der Waals surface area (Å²) in [5.74, 6) is -1.47. The van der Waals surface area contributed by atoms with Gasteiger partial charge in [0.1, 0.15) is 5.82 Å². The second-order valence-electron chi connectivity index (χ2n) is 5.58. The van der Waals surface area contributed by atoms with Crippen LogP contribution in [0.2, 0.25) is 10.0 Å². The minimum atomic E-state index is -0.783. The standard InChI is InChI=1S/C18H14Cl2FNO5/c19-11-2-3-13(21)14(8-11)22-16(23)9-27-18(24)10-6-12(20)17-15(7-10)25-4-1-5-26-17/h2-3,6-8H,1,4-5,9H2,(H,22,23). The Morgan fingerprint density at radius 3 is 2.74 bits per heavy atom. The van der Waals surface area contributed by atoms with Gasteiger partial charge in [-0.3, -0.25) is 4.79 Å². The minimum Gasteiger partial charge on any atom is -0.489 e. The molecule has 0 bridgehead atoms. The highest BCUT2D eigenvalue weighted by atomic mass is 35.5. The number of benzene rings is 2. The number of anilines is 1. The second kappa shape index (κ2) is 8.45. The Morgan fingerprint density at radius 1 is 1.15 bits per heavy atom. The number of nitrogens with one attached hydrogen (secondary N) is 1. The van der Waals surface area contributed by atoms with Crippen molar-refractivity contribution >= 4 is 40.8 Å². The van der Waals surface area contributed by atoms with E-state index in [1.165, 1.54) is 24.3 Å². The third-order valence-corrected chi connectivity index (χ3v) is 4.09. The molecular weight excluding hydrogens is 400 g/mol. The molecule has 27 heavy (non-hydrogen) atoms. The second-order valence-corrected chi connectivity index (χ2v) is 6.43. The van der Waals surface area contributed by atoms with E-state index in [0.717, 1.165) is 6.07 Å². The molecule has 6 nitrogen and oxygen atoms in total. The zero-order valence-electron chi connectivity index (χ0n) is 13.9. The monoisotopic (exact) mass is 413 g/mol. The smallest absolute Gasteiger partial charge is 0.338 e. The van der Waals surface area contributed by atoms with Crippen molar-refractivity contribution < 1.29 is 28.2 Å². The number of amides is 1. The molecule has 1 aliphatic rings. The summed E-state index contributed by atoms with van der Waals surface area (Å²) in [5.41, 5.74) is -0.00633. The maximum Gasteiger partial charge on any atom is 0.338 e. The van der Waals surface area contributed by atoms with Crippen molar-refractivity contribution in [3.8, 4) is 11.5 Å². The molecular formula is C18H14Cl2FNO5. The Hall–Kier alpha value is -2.51. The number of carbonyl (C=O) groups excluding carboxylic acids is 2. The van der Waals surface area contributed by atoms with Gasteiger partial charge in [0, 0.05) is 11.4 Å². The van der Waals surface area contributed by atoms with Crippen LogP contribution >= 0.6 is 23.2 Å². The third-order valence-electron chi connectivity index (χ3n) is 3.57. The molecule has 1 amide bonds. The van der Waals surface area contributed by atoms with E-state index >= 15 is 0 Å². The van der Waals surface area contributed by atoms with Gasteiger partial charge < -0.3 is 19.5 Å². The molecule has 0 aliphatic carbocycles. The average Bonchev–Trinajstić information content (AvgIpc) is 2.88. The largest absolute Gasteiger partial charge is 0.489 e. The van der Waals surface area contributed by atoms with Crippen LogP contribution in [0.4, 0.5) is 10.1 Å². The van der Waals surface area contributed by atoms with E-state index in [2.05, 4.69) is 5.32 Å². The SMILES string of the molecule is O=C(COC(=O)c1cc(Cl)c2c(c1)OCCCO2)Nc1cc(Cl)ccc1F. The van der Waals surface area contributed by atoms with E-state index in [-0.39, 0.29) is 21.3 Å². The van der Waals surface area contributed by atoms with E-state index < -0.39 is 24.3 Å². The molecule has 0 atom stereocenters. The molecule has 0 unspecified atom stereocenters. The van der Waals surface area contributed by atoms with E-state index in [1.807, 2.05) is 0 Å². The first kappa shape index (κ1) is 19.3. The zero-order valence-corrected chi connectivity index (χ0v) is 15.4. The molecule has 9 heteroatoms. The summed E-state index contributed by atoms with van der Waals surface area (Å²) in [6, 6.07) is 6.51. The Kier molecular flexibility index (Phi) is 6.03. The van der Waals surface area contributed by atoms with Gasteiger partial charge in [-0.1, -0.05) is 23.2 Å². The summed E-state index contributed by atoms with van der Waals surface area (Å²) >= 11 is 11.9. The fourth-order valence-electron chi connectivity index (χ4n) is 2.34. The number of rotatable bonds is 4. The van der Waals surface area contributed by atoms with E-state index in [4.69, 9.17) is 37.4 Å². The van der Waals surface area contributed by atoms with Crippen molar-refractivity contribution in [2.24, 2.45) is 0 Å². The van der Waals surface area contributed by atoms with Gasteiger partial charge in [0.2, 0.25) is 0 Å². The predicted molar refractivity (Wildman–Crippen MR) is 97.4 cm³/mol. The lowest BCUT2D eigenvalue weighted by Gasteiger charge is -2.11. The number of esters is 1. The van der Waals surface area contributed by atoms with Crippen molar-refractivity contribution in [3.63, 3.8) is 0 Å². The van der Waals surface area contributed by atoms with E-state index in [0.29, 0.717) is 31.1 Å². The maximum absolute atomic E-state index is 13.6. The molecule has 2 aromatic carbocycles. The van der Waals surface area contributed by atoms with E-state index in [9.17, 15) is 14.0 Å². The summed E-state index contributed by atoms with van der Waals surface area (Å²) in [4.78, 5) is 24.1. The predicted octanol–water partition coefficient (Wildman–Crippen LogP) is 4.09. The molecule has 0 radical (unpaired) electrons. The molecule has 142 valence electrons. The van der Waals surface area contributed by atoms with Crippen LogP contribution in [0.5, 0.6) is 11.5 Å². The van der Waals surface area contributed by atoms with Crippen LogP contribution in [-0.4, -0.2) is 31.7 Å². The van der Waals surface area contributed by atoms with Crippen LogP contribution in [-0.2, 0) is 9.53 Å². The van der Waals surface area contributed by atoms with Crippen LogP contribution in [0.1, 0.15) is 16.8 Å². The molecule has 0 saturated heterocycles. The third kappa shape index (κ3) is 4.81. The topological polar surface area (TPSA) is 73.9 Å². The quantitative estimate of drug-likeness (QED) is 0.764. The highest BCUT2D eigenvalue weighted by Crippen LogP contribution is 2.38. The van der Waals surface area contributed by atoms with Gasteiger partial charge in [0.15, 0.2) is 18.1 Å².